The minimum atomic E-state index is -0.576. The molecule has 22 heavy (non-hydrogen) atoms. The van der Waals surface area contributed by atoms with Gasteiger partial charge in [-0.2, -0.15) is 0 Å². The first-order valence-corrected chi connectivity index (χ1v) is 7.84. The molecule has 0 radical (unpaired) electrons. The zero-order valence-corrected chi connectivity index (χ0v) is 13.8. The Balaban J connectivity index is 2.00. The number of hydrogen-bond acceptors (Lipinski definition) is 5. The van der Waals surface area contributed by atoms with Crippen molar-refractivity contribution >= 4 is 11.0 Å². The standard InChI is InChI=1S/C17H26N2O3/c1-5-7-14-13-8-6-9-15(16(13)22-19-14)21-11-12(20)10-18-17(2,3)4/h6,8-9,12,18,20H,5,7,10-11H2,1-4H3. The Morgan fingerprint density at radius 2 is 2.14 bits per heavy atom. The van der Waals surface area contributed by atoms with E-state index < -0.39 is 6.10 Å². The van der Waals surface area contributed by atoms with Crippen LogP contribution in [0.3, 0.4) is 0 Å². The fourth-order valence-electron chi connectivity index (χ4n) is 2.19. The molecule has 1 unspecified atom stereocenters. The van der Waals surface area contributed by atoms with Crippen molar-refractivity contribution in [1.29, 1.82) is 0 Å². The Morgan fingerprint density at radius 1 is 1.36 bits per heavy atom. The van der Waals surface area contributed by atoms with Crippen LogP contribution in [0.1, 0.15) is 39.8 Å². The maximum atomic E-state index is 10.0. The van der Waals surface area contributed by atoms with Crippen LogP contribution in [0, 0.1) is 0 Å². The summed E-state index contributed by atoms with van der Waals surface area (Å²) in [7, 11) is 0. The number of nitrogens with zero attached hydrogens (tertiary/aromatic N) is 1. The van der Waals surface area contributed by atoms with Crippen molar-refractivity contribution in [1.82, 2.24) is 10.5 Å². The van der Waals surface area contributed by atoms with Gasteiger partial charge in [0.2, 0.25) is 5.58 Å². The second-order valence-corrected chi connectivity index (χ2v) is 6.61. The number of rotatable bonds is 7. The Morgan fingerprint density at radius 3 is 2.82 bits per heavy atom. The van der Waals surface area contributed by atoms with Crippen LogP contribution >= 0.6 is 0 Å². The molecule has 2 N–H and O–H groups in total. The molecule has 1 atom stereocenters. The monoisotopic (exact) mass is 306 g/mol. The van der Waals surface area contributed by atoms with Gasteiger partial charge in [0.1, 0.15) is 12.7 Å². The number of ether oxygens (including phenoxy) is 1. The van der Waals surface area contributed by atoms with Gasteiger partial charge in [0.25, 0.3) is 0 Å². The van der Waals surface area contributed by atoms with Crippen LogP contribution in [-0.4, -0.2) is 35.1 Å². The molecule has 0 aliphatic rings. The van der Waals surface area contributed by atoms with Crippen LogP contribution in [0.5, 0.6) is 5.75 Å². The van der Waals surface area contributed by atoms with Crippen LogP contribution in [-0.2, 0) is 6.42 Å². The number of benzene rings is 1. The van der Waals surface area contributed by atoms with E-state index in [4.69, 9.17) is 9.26 Å². The van der Waals surface area contributed by atoms with Gasteiger partial charge in [-0.15, -0.1) is 0 Å². The molecule has 0 bridgehead atoms. The third-order valence-corrected chi connectivity index (χ3v) is 3.32. The van der Waals surface area contributed by atoms with Crippen LogP contribution < -0.4 is 10.1 Å². The molecule has 0 fully saturated rings. The van der Waals surface area contributed by atoms with E-state index in [9.17, 15) is 5.11 Å². The molecular formula is C17H26N2O3. The summed E-state index contributed by atoms with van der Waals surface area (Å²) in [6.07, 6.45) is 1.32. The van der Waals surface area contributed by atoms with E-state index in [0.717, 1.165) is 23.9 Å². The topological polar surface area (TPSA) is 67.5 Å². The highest BCUT2D eigenvalue weighted by atomic mass is 16.5. The average Bonchev–Trinajstić information content (AvgIpc) is 2.86. The van der Waals surface area contributed by atoms with E-state index in [1.807, 2.05) is 18.2 Å². The predicted molar refractivity (Wildman–Crippen MR) is 87.3 cm³/mol. The summed E-state index contributed by atoms with van der Waals surface area (Å²) in [4.78, 5) is 0. The van der Waals surface area contributed by atoms with Gasteiger partial charge in [-0.1, -0.05) is 24.6 Å². The lowest BCUT2D eigenvalue weighted by Crippen LogP contribution is -2.42. The van der Waals surface area contributed by atoms with Gasteiger partial charge >= 0.3 is 0 Å². The minimum Gasteiger partial charge on any atom is -0.487 e. The molecule has 5 nitrogen and oxygen atoms in total. The third kappa shape index (κ3) is 4.45. The summed E-state index contributed by atoms with van der Waals surface area (Å²) in [5.74, 6) is 0.627. The van der Waals surface area contributed by atoms with Crippen molar-refractivity contribution < 1.29 is 14.4 Å². The Kier molecular flexibility index (Phi) is 5.42. The number of fused-ring (bicyclic) bond motifs is 1. The van der Waals surface area contributed by atoms with Crippen LogP contribution in [0.15, 0.2) is 22.7 Å². The molecule has 1 heterocycles. The summed E-state index contributed by atoms with van der Waals surface area (Å²) in [5.41, 5.74) is 1.58. The first-order valence-electron chi connectivity index (χ1n) is 7.84. The van der Waals surface area contributed by atoms with Gasteiger partial charge in [0.15, 0.2) is 5.75 Å². The normalized spacial score (nSPS) is 13.5. The average molecular weight is 306 g/mol. The van der Waals surface area contributed by atoms with Crippen LogP contribution in [0.4, 0.5) is 0 Å². The summed E-state index contributed by atoms with van der Waals surface area (Å²) in [6, 6.07) is 5.75. The highest BCUT2D eigenvalue weighted by Crippen LogP contribution is 2.28. The van der Waals surface area contributed by atoms with Crippen molar-refractivity contribution in [2.45, 2.75) is 52.2 Å². The molecule has 0 saturated heterocycles. The fourth-order valence-corrected chi connectivity index (χ4v) is 2.19. The molecule has 1 aromatic heterocycles. The number of nitrogens with one attached hydrogen (secondary N) is 1. The van der Waals surface area contributed by atoms with Gasteiger partial charge in [-0.3, -0.25) is 0 Å². The molecule has 5 heteroatoms. The second kappa shape index (κ2) is 7.11. The number of aromatic nitrogens is 1. The lowest BCUT2D eigenvalue weighted by Gasteiger charge is -2.22. The molecule has 122 valence electrons. The lowest BCUT2D eigenvalue weighted by molar-refractivity contribution is 0.100. The highest BCUT2D eigenvalue weighted by molar-refractivity contribution is 5.84. The molecule has 0 spiro atoms. The zero-order valence-electron chi connectivity index (χ0n) is 13.8. The highest BCUT2D eigenvalue weighted by Gasteiger charge is 2.15. The quantitative estimate of drug-likeness (QED) is 0.823. The van der Waals surface area contributed by atoms with Gasteiger partial charge in [-0.25, -0.2) is 0 Å². The molecule has 2 rings (SSSR count). The molecule has 2 aromatic rings. The molecule has 0 saturated carbocycles. The van der Waals surface area contributed by atoms with Gasteiger partial charge in [0, 0.05) is 17.5 Å². The van der Waals surface area contributed by atoms with Gasteiger partial charge in [0.05, 0.1) is 5.69 Å². The van der Waals surface area contributed by atoms with Gasteiger partial charge < -0.3 is 19.7 Å². The number of β-amino-alcohol motifs (C(OH)–C–C–N with tert-alkyl or cyclic N) is 1. The zero-order chi connectivity index (χ0) is 16.2. The first-order chi connectivity index (χ1) is 10.4. The summed E-state index contributed by atoms with van der Waals surface area (Å²) >= 11 is 0. The summed E-state index contributed by atoms with van der Waals surface area (Å²) < 4.78 is 11.1. The second-order valence-electron chi connectivity index (χ2n) is 6.61. The third-order valence-electron chi connectivity index (χ3n) is 3.32. The van der Waals surface area contributed by atoms with Crippen molar-refractivity contribution in [3.05, 3.63) is 23.9 Å². The minimum absolute atomic E-state index is 0.0268. The van der Waals surface area contributed by atoms with Crippen LogP contribution in [0.2, 0.25) is 0 Å². The van der Waals surface area contributed by atoms with E-state index in [1.54, 1.807) is 0 Å². The molecule has 0 aliphatic heterocycles. The number of aliphatic hydroxyl groups is 1. The first kappa shape index (κ1) is 16.8. The largest absolute Gasteiger partial charge is 0.487 e. The van der Waals surface area contributed by atoms with Crippen molar-refractivity contribution in [3.8, 4) is 5.75 Å². The number of aliphatic hydroxyl groups excluding tert-OH is 1. The Bertz CT molecular complexity index is 601. The fraction of sp³-hybridized carbons (Fsp3) is 0.588. The SMILES string of the molecule is CCCc1noc2c(OCC(O)CNC(C)(C)C)cccc12. The summed E-state index contributed by atoms with van der Waals surface area (Å²) in [5, 5.41) is 18.4. The maximum Gasteiger partial charge on any atom is 0.208 e. The number of hydrogen-bond donors (Lipinski definition) is 2. The van der Waals surface area contributed by atoms with Crippen molar-refractivity contribution in [3.63, 3.8) is 0 Å². The van der Waals surface area contributed by atoms with Crippen molar-refractivity contribution in [2.75, 3.05) is 13.2 Å². The number of para-hydroxylation sites is 1. The van der Waals surface area contributed by atoms with E-state index >= 15 is 0 Å². The predicted octanol–water partition coefficient (Wildman–Crippen LogP) is 2.91. The Hall–Kier alpha value is -1.59. The van der Waals surface area contributed by atoms with E-state index in [2.05, 4.69) is 38.2 Å². The smallest absolute Gasteiger partial charge is 0.208 e. The molecule has 0 amide bonds. The van der Waals surface area contributed by atoms with E-state index in [-0.39, 0.29) is 12.1 Å². The van der Waals surface area contributed by atoms with Crippen LogP contribution in [0.25, 0.3) is 11.0 Å². The molecule has 1 aromatic carbocycles. The van der Waals surface area contributed by atoms with Crippen molar-refractivity contribution in [2.24, 2.45) is 0 Å². The van der Waals surface area contributed by atoms with E-state index in [0.29, 0.717) is 17.9 Å². The lowest BCUT2D eigenvalue weighted by atomic mass is 10.1. The van der Waals surface area contributed by atoms with E-state index in [1.165, 1.54) is 0 Å². The number of aryl methyl sites for hydroxylation is 1. The summed E-state index contributed by atoms with van der Waals surface area (Å²) in [6.45, 7) is 8.99. The molecular weight excluding hydrogens is 280 g/mol. The molecule has 0 aliphatic carbocycles. The van der Waals surface area contributed by atoms with Gasteiger partial charge in [-0.05, 0) is 39.3 Å². The maximum absolute atomic E-state index is 10.0. The Labute approximate surface area is 131 Å².